The lowest BCUT2D eigenvalue weighted by Crippen LogP contribution is -2.27. The van der Waals surface area contributed by atoms with Crippen LogP contribution in [-0.2, 0) is 14.9 Å². The van der Waals surface area contributed by atoms with E-state index in [2.05, 4.69) is 15.3 Å². The van der Waals surface area contributed by atoms with Crippen molar-refractivity contribution in [1.29, 1.82) is 0 Å². The number of carbonyl (C=O) groups excluding carboxylic acids is 1. The molecule has 3 rings (SSSR count). The average molecular weight is 349 g/mol. The quantitative estimate of drug-likeness (QED) is 0.699. The lowest BCUT2D eigenvalue weighted by Gasteiger charge is -2.12. The van der Waals surface area contributed by atoms with Gasteiger partial charge in [-0.1, -0.05) is 29.5 Å². The molecule has 118 valence electrons. The molecular formula is C14H11N3O4S2. The highest BCUT2D eigenvalue weighted by molar-refractivity contribution is 7.86. The maximum Gasteiger partial charge on any atom is 0.281 e. The Morgan fingerprint density at radius 1 is 1.22 bits per heavy atom. The first-order valence-corrected chi connectivity index (χ1v) is 8.80. The third-order valence-electron chi connectivity index (χ3n) is 3.05. The Hall–Kier alpha value is -2.36. The van der Waals surface area contributed by atoms with Gasteiger partial charge in [0, 0.05) is 18.0 Å². The van der Waals surface area contributed by atoms with Crippen molar-refractivity contribution in [3.8, 4) is 0 Å². The van der Waals surface area contributed by atoms with Crippen molar-refractivity contribution in [2.75, 3.05) is 5.32 Å². The van der Waals surface area contributed by atoms with Crippen LogP contribution in [0.3, 0.4) is 0 Å². The standard InChI is InChI=1S/C14H11N3O4S2/c18-13(12(23(19,20)21)9-4-3-7-15-8-9)17-14-16-10-5-1-2-6-11(10)22-14/h1-8,12H,(H,16,17,18)(H,19,20,21). The molecule has 1 unspecified atom stereocenters. The molecule has 9 heteroatoms. The molecule has 0 spiro atoms. The van der Waals surface area contributed by atoms with Crippen LogP contribution >= 0.6 is 11.3 Å². The maximum absolute atomic E-state index is 12.3. The van der Waals surface area contributed by atoms with Gasteiger partial charge in [0.2, 0.25) is 0 Å². The number of hydrogen-bond donors (Lipinski definition) is 2. The molecule has 2 aromatic heterocycles. The normalized spacial score (nSPS) is 12.9. The van der Waals surface area contributed by atoms with E-state index in [1.807, 2.05) is 18.2 Å². The molecule has 2 heterocycles. The first-order valence-electron chi connectivity index (χ1n) is 6.48. The van der Waals surface area contributed by atoms with Gasteiger partial charge in [0.25, 0.3) is 16.0 Å². The van der Waals surface area contributed by atoms with Gasteiger partial charge in [0.1, 0.15) is 0 Å². The summed E-state index contributed by atoms with van der Waals surface area (Å²) in [6.45, 7) is 0. The van der Waals surface area contributed by atoms with Crippen LogP contribution in [0.1, 0.15) is 10.8 Å². The number of pyridine rings is 1. The zero-order chi connectivity index (χ0) is 16.4. The smallest absolute Gasteiger partial charge is 0.281 e. The van der Waals surface area contributed by atoms with E-state index in [0.717, 1.165) is 4.70 Å². The Morgan fingerprint density at radius 2 is 2.00 bits per heavy atom. The van der Waals surface area contributed by atoms with Crippen LogP contribution in [-0.4, -0.2) is 28.8 Å². The number of benzene rings is 1. The van der Waals surface area contributed by atoms with E-state index >= 15 is 0 Å². The summed E-state index contributed by atoms with van der Waals surface area (Å²) in [6.07, 6.45) is 2.66. The molecule has 0 fully saturated rings. The minimum atomic E-state index is -4.64. The van der Waals surface area contributed by atoms with E-state index in [9.17, 15) is 17.8 Å². The van der Waals surface area contributed by atoms with Gasteiger partial charge >= 0.3 is 0 Å². The van der Waals surface area contributed by atoms with Crippen LogP contribution in [0.2, 0.25) is 0 Å². The largest absolute Gasteiger partial charge is 0.300 e. The molecular weight excluding hydrogens is 338 g/mol. The molecule has 7 nitrogen and oxygen atoms in total. The fourth-order valence-electron chi connectivity index (χ4n) is 2.09. The lowest BCUT2D eigenvalue weighted by molar-refractivity contribution is -0.116. The third-order valence-corrected chi connectivity index (χ3v) is 5.08. The predicted octanol–water partition coefficient (Wildman–Crippen LogP) is 2.26. The summed E-state index contributed by atoms with van der Waals surface area (Å²) in [6, 6.07) is 10.2. The fraction of sp³-hybridized carbons (Fsp3) is 0.0714. The molecule has 1 aromatic carbocycles. The maximum atomic E-state index is 12.3. The second-order valence-electron chi connectivity index (χ2n) is 4.66. The summed E-state index contributed by atoms with van der Waals surface area (Å²) in [5.41, 5.74) is 0.770. The van der Waals surface area contributed by atoms with Crippen molar-refractivity contribution in [3.05, 3.63) is 54.4 Å². The molecule has 23 heavy (non-hydrogen) atoms. The molecule has 0 aliphatic rings. The van der Waals surface area contributed by atoms with Gasteiger partial charge < -0.3 is 5.32 Å². The van der Waals surface area contributed by atoms with Crippen molar-refractivity contribution in [3.63, 3.8) is 0 Å². The van der Waals surface area contributed by atoms with Crippen molar-refractivity contribution in [2.45, 2.75) is 5.25 Å². The van der Waals surface area contributed by atoms with Crippen LogP contribution in [0.4, 0.5) is 5.13 Å². The van der Waals surface area contributed by atoms with Crippen molar-refractivity contribution in [1.82, 2.24) is 9.97 Å². The number of nitrogens with zero attached hydrogens (tertiary/aromatic N) is 2. The number of anilines is 1. The number of hydrogen-bond acceptors (Lipinski definition) is 6. The highest BCUT2D eigenvalue weighted by atomic mass is 32.2. The number of thiazole rings is 1. The summed E-state index contributed by atoms with van der Waals surface area (Å²) in [4.78, 5) is 20.3. The Kier molecular flexibility index (Phi) is 4.07. The fourth-order valence-corrected chi connectivity index (χ4v) is 3.77. The second-order valence-corrected chi connectivity index (χ2v) is 7.19. The summed E-state index contributed by atoms with van der Waals surface area (Å²) >= 11 is 1.21. The number of para-hydroxylation sites is 1. The molecule has 1 amide bonds. The van der Waals surface area contributed by atoms with Crippen LogP contribution in [0.25, 0.3) is 10.2 Å². The van der Waals surface area contributed by atoms with Crippen LogP contribution in [0, 0.1) is 0 Å². The van der Waals surface area contributed by atoms with Gasteiger partial charge in [-0.2, -0.15) is 8.42 Å². The molecule has 2 N–H and O–H groups in total. The molecule has 0 aliphatic heterocycles. The summed E-state index contributed by atoms with van der Waals surface area (Å²) in [5, 5.41) is 0.935. The lowest BCUT2D eigenvalue weighted by atomic mass is 10.2. The highest BCUT2D eigenvalue weighted by Gasteiger charge is 2.33. The Bertz CT molecular complexity index is 921. The molecule has 1 atom stereocenters. The van der Waals surface area contributed by atoms with Gasteiger partial charge in [0.05, 0.1) is 10.2 Å². The van der Waals surface area contributed by atoms with Crippen LogP contribution in [0.15, 0.2) is 48.8 Å². The molecule has 0 radical (unpaired) electrons. The van der Waals surface area contributed by atoms with E-state index in [-0.39, 0.29) is 10.7 Å². The zero-order valence-corrected chi connectivity index (χ0v) is 13.2. The third kappa shape index (κ3) is 3.36. The van der Waals surface area contributed by atoms with Gasteiger partial charge in [0.15, 0.2) is 10.4 Å². The van der Waals surface area contributed by atoms with Gasteiger partial charge in [-0.15, -0.1) is 0 Å². The Balaban J connectivity index is 1.92. The number of aromatic nitrogens is 2. The molecule has 3 aromatic rings. The van der Waals surface area contributed by atoms with Crippen molar-refractivity contribution in [2.24, 2.45) is 0 Å². The SMILES string of the molecule is O=C(Nc1nc2ccccc2s1)C(c1cccnc1)S(=O)(=O)O. The number of rotatable bonds is 4. The highest BCUT2D eigenvalue weighted by Crippen LogP contribution is 2.28. The first-order chi connectivity index (χ1) is 10.9. The summed E-state index contributed by atoms with van der Waals surface area (Å²) in [7, 11) is -4.64. The van der Waals surface area contributed by atoms with E-state index < -0.39 is 21.3 Å². The minimum Gasteiger partial charge on any atom is -0.300 e. The van der Waals surface area contributed by atoms with Crippen molar-refractivity contribution >= 4 is 42.7 Å². The van der Waals surface area contributed by atoms with E-state index in [1.165, 1.54) is 35.9 Å². The zero-order valence-electron chi connectivity index (χ0n) is 11.6. The molecule has 0 aliphatic carbocycles. The average Bonchev–Trinajstić information content (AvgIpc) is 2.89. The first kappa shape index (κ1) is 15.5. The van der Waals surface area contributed by atoms with Crippen LogP contribution < -0.4 is 5.32 Å². The molecule has 0 saturated carbocycles. The van der Waals surface area contributed by atoms with E-state index in [4.69, 9.17) is 0 Å². The molecule has 0 saturated heterocycles. The molecule has 0 bridgehead atoms. The monoisotopic (exact) mass is 349 g/mol. The van der Waals surface area contributed by atoms with E-state index in [0.29, 0.717) is 5.52 Å². The number of carbonyl (C=O) groups is 1. The van der Waals surface area contributed by atoms with Crippen LogP contribution in [0.5, 0.6) is 0 Å². The Morgan fingerprint density at radius 3 is 2.65 bits per heavy atom. The van der Waals surface area contributed by atoms with Gasteiger partial charge in [-0.05, 0) is 18.2 Å². The second kappa shape index (κ2) is 6.03. The summed E-state index contributed by atoms with van der Waals surface area (Å²) in [5.74, 6) is -0.889. The summed E-state index contributed by atoms with van der Waals surface area (Å²) < 4.78 is 33.4. The van der Waals surface area contributed by atoms with Gasteiger partial charge in [-0.25, -0.2) is 4.98 Å². The van der Waals surface area contributed by atoms with E-state index in [1.54, 1.807) is 6.07 Å². The van der Waals surface area contributed by atoms with Crippen molar-refractivity contribution < 1.29 is 17.8 Å². The number of fused-ring (bicyclic) bond motifs is 1. The minimum absolute atomic E-state index is 0.0774. The number of nitrogens with one attached hydrogen (secondary N) is 1. The van der Waals surface area contributed by atoms with Gasteiger partial charge in [-0.3, -0.25) is 14.3 Å². The number of amides is 1. The Labute approximate surface area is 135 Å². The topological polar surface area (TPSA) is 109 Å². The predicted molar refractivity (Wildman–Crippen MR) is 86.8 cm³/mol.